The number of hydrogen-bond acceptors (Lipinski definition) is 8. The molecule has 12 heteroatoms. The molecule has 84 heavy (non-hydrogen) atoms. The minimum atomic E-state index is 0.500. The van der Waals surface area contributed by atoms with Crippen molar-refractivity contribution in [2.45, 2.75) is 173 Å². The van der Waals surface area contributed by atoms with Crippen molar-refractivity contribution in [1.29, 1.82) is 0 Å². The fraction of sp³-hybridized carbons (Fsp3) is 0.431. The smallest absolute Gasteiger partial charge is 0.155 e. The van der Waals surface area contributed by atoms with Crippen molar-refractivity contribution in [3.05, 3.63) is 194 Å². The van der Waals surface area contributed by atoms with Crippen LogP contribution >= 0.6 is 11.3 Å². The second-order valence-corrected chi connectivity index (χ2v) is 30.4. The number of para-hydroxylation sites is 4. The zero-order chi connectivity index (χ0) is 63.6. The summed E-state index contributed by atoms with van der Waals surface area (Å²) in [4.78, 5) is 23.4. The molecular formula is C72H107N11S. The van der Waals surface area contributed by atoms with Crippen LogP contribution in [0.1, 0.15) is 177 Å². The molecular weight excluding hydrogens is 1050 g/mol. The van der Waals surface area contributed by atoms with Crippen molar-refractivity contribution in [3.63, 3.8) is 0 Å². The number of nitrogens with zero attached hydrogens (tertiary/aromatic N) is 9. The minimum absolute atomic E-state index is 0.500. The number of thiazole rings is 1. The van der Waals surface area contributed by atoms with E-state index >= 15 is 0 Å². The summed E-state index contributed by atoms with van der Waals surface area (Å²) in [5, 5.41) is 11.8. The monoisotopic (exact) mass is 1160 g/mol. The number of benzene rings is 4. The van der Waals surface area contributed by atoms with E-state index in [9.17, 15) is 0 Å². The molecule has 0 spiro atoms. The molecule has 456 valence electrons. The van der Waals surface area contributed by atoms with Crippen molar-refractivity contribution in [2.24, 2.45) is 37.5 Å². The molecule has 0 amide bonds. The Morgan fingerprint density at radius 3 is 1.46 bits per heavy atom. The third kappa shape index (κ3) is 45.2. The van der Waals surface area contributed by atoms with Crippen molar-refractivity contribution >= 4 is 61.0 Å². The molecule has 8 heterocycles. The summed E-state index contributed by atoms with van der Waals surface area (Å²) < 4.78 is 4.96. The van der Waals surface area contributed by atoms with E-state index in [1.54, 1.807) is 28.4 Å². The van der Waals surface area contributed by atoms with Crippen LogP contribution < -0.4 is 0 Å². The summed E-state index contributed by atoms with van der Waals surface area (Å²) in [6.45, 7) is 53.4. The Bertz CT molecular complexity index is 2760. The average Bonchev–Trinajstić information content (AvgIpc) is 4.36. The first-order valence-corrected chi connectivity index (χ1v) is 29.9. The van der Waals surface area contributed by atoms with Crippen LogP contribution in [0.15, 0.2) is 188 Å². The van der Waals surface area contributed by atoms with Gasteiger partial charge >= 0.3 is 0 Å². The molecule has 0 unspecified atom stereocenters. The van der Waals surface area contributed by atoms with Crippen LogP contribution in [-0.2, 0) is 6.54 Å². The van der Waals surface area contributed by atoms with Gasteiger partial charge in [-0.3, -0.25) is 10.1 Å². The second kappa shape index (κ2) is 37.1. The number of pyridine rings is 2. The SMILES string of the molecule is C1=NCc2ccccc21.CC(C)(C)C.CC(C)(C)C.CC(C)(C)C.CC(C)(C)C.CC(C)(C)C.CC(C)(C)C.c1ccc2[nH]cnc2c1.c1ccc2[nH]ncc2c1.c1ccc2scnc2c1.c1ccn2ccnc2c1.c1ccn2ncnc2c1. The number of rotatable bonds is 0. The molecule has 0 aliphatic carbocycles. The lowest BCUT2D eigenvalue weighted by Gasteiger charge is -2.05. The highest BCUT2D eigenvalue weighted by molar-refractivity contribution is 7.16. The molecule has 0 atom stereocenters. The lowest BCUT2D eigenvalue weighted by atomic mass is 10.0. The molecule has 11 aromatic rings. The number of fused-ring (bicyclic) bond motifs is 6. The van der Waals surface area contributed by atoms with E-state index in [0.29, 0.717) is 32.5 Å². The number of aliphatic imine (C=N–C) groups is 1. The van der Waals surface area contributed by atoms with Gasteiger partial charge in [-0.05, 0) is 98.2 Å². The van der Waals surface area contributed by atoms with Gasteiger partial charge in [0.2, 0.25) is 0 Å². The van der Waals surface area contributed by atoms with Crippen LogP contribution in [0.4, 0.5) is 0 Å². The zero-order valence-corrected chi connectivity index (χ0v) is 56.9. The van der Waals surface area contributed by atoms with Crippen LogP contribution in [0.5, 0.6) is 0 Å². The molecule has 0 bridgehead atoms. The standard InChI is InChI=1S/C8H7N.3C7H6N2.C7H5NS.C6H5N3.6C5H12/c1-2-4-8-6-9-5-7(8)3-1;1-2-5-9-6-4-8-7(9)3-1;1-2-4-7-6(3-1)8-5-9-7;1-2-4-7-6(3-1)5-8-9-7;1-2-4-7-6(3-1)8-5-9-7;1-2-4-9-6(3-1)7-5-8-9;6*1-5(2,3)4/h1-5H,6H2;1-6H;2*1-5H,(H,8,9);2*1-5H;6*1-4H3. The first-order valence-electron chi connectivity index (χ1n) is 29.0. The molecule has 11 nitrogen and oxygen atoms in total. The van der Waals surface area contributed by atoms with Crippen LogP contribution in [0.25, 0.3) is 43.4 Å². The van der Waals surface area contributed by atoms with E-state index in [1.165, 1.54) is 22.2 Å². The molecule has 2 N–H and O–H groups in total. The number of imidazole rings is 2. The van der Waals surface area contributed by atoms with Gasteiger partial charge in [-0.25, -0.2) is 24.5 Å². The Morgan fingerprint density at radius 2 is 0.929 bits per heavy atom. The number of aromatic amines is 2. The molecule has 0 saturated carbocycles. The van der Waals surface area contributed by atoms with E-state index in [1.807, 2.05) is 156 Å². The lowest BCUT2D eigenvalue weighted by molar-refractivity contribution is 0.469. The highest BCUT2D eigenvalue weighted by atomic mass is 32.1. The van der Waals surface area contributed by atoms with E-state index in [0.717, 1.165) is 45.3 Å². The fourth-order valence-corrected chi connectivity index (χ4v) is 5.92. The molecule has 4 aromatic carbocycles. The van der Waals surface area contributed by atoms with Gasteiger partial charge in [-0.1, -0.05) is 245 Å². The van der Waals surface area contributed by atoms with Gasteiger partial charge in [0.15, 0.2) is 5.65 Å². The van der Waals surface area contributed by atoms with Gasteiger partial charge in [-0.2, -0.15) is 10.2 Å². The van der Waals surface area contributed by atoms with E-state index in [2.05, 4.69) is 230 Å². The molecule has 7 aromatic heterocycles. The summed E-state index contributed by atoms with van der Waals surface area (Å²) >= 11 is 1.68. The Labute approximate surface area is 511 Å². The first-order chi connectivity index (χ1) is 38.8. The number of hydrogen-bond donors (Lipinski definition) is 2. The Hall–Kier alpha value is -7.31. The zero-order valence-electron chi connectivity index (χ0n) is 56.0. The largest absolute Gasteiger partial charge is 0.345 e. The summed E-state index contributed by atoms with van der Waals surface area (Å²) in [5.74, 6) is 0. The predicted molar refractivity (Wildman–Crippen MR) is 369 cm³/mol. The Morgan fingerprint density at radius 1 is 0.440 bits per heavy atom. The summed E-state index contributed by atoms with van der Waals surface area (Å²) in [6.07, 6.45) is 14.5. The lowest BCUT2D eigenvalue weighted by Crippen LogP contribution is -1.93. The van der Waals surface area contributed by atoms with Crippen molar-refractivity contribution in [2.75, 3.05) is 0 Å². The molecule has 0 radical (unpaired) electrons. The normalized spacial score (nSPS) is 11.2. The second-order valence-electron chi connectivity index (χ2n) is 29.5. The molecule has 0 fully saturated rings. The Kier molecular flexibility index (Phi) is 33.0. The first kappa shape index (κ1) is 74.7. The van der Waals surface area contributed by atoms with E-state index in [-0.39, 0.29) is 0 Å². The topological polar surface area (TPSA) is 130 Å². The van der Waals surface area contributed by atoms with Gasteiger partial charge in [0, 0.05) is 36.4 Å². The maximum absolute atomic E-state index is 4.14. The third-order valence-electron chi connectivity index (χ3n) is 7.95. The van der Waals surface area contributed by atoms with Gasteiger partial charge in [0.1, 0.15) is 12.0 Å². The van der Waals surface area contributed by atoms with Gasteiger partial charge in [-0.15, -0.1) is 11.3 Å². The van der Waals surface area contributed by atoms with Crippen molar-refractivity contribution in [3.8, 4) is 0 Å². The van der Waals surface area contributed by atoms with E-state index in [4.69, 9.17) is 0 Å². The summed E-state index contributed by atoms with van der Waals surface area (Å²) in [7, 11) is 0. The number of H-pyrrole nitrogens is 2. The maximum atomic E-state index is 4.14. The minimum Gasteiger partial charge on any atom is -0.345 e. The Balaban J connectivity index is 0.000000464. The third-order valence-corrected chi connectivity index (χ3v) is 8.76. The van der Waals surface area contributed by atoms with Crippen LogP contribution in [-0.4, -0.2) is 55.3 Å². The van der Waals surface area contributed by atoms with Gasteiger partial charge in [0.25, 0.3) is 0 Å². The number of nitrogens with one attached hydrogen (secondary N) is 2. The molecule has 1 aliphatic rings. The summed E-state index contributed by atoms with van der Waals surface area (Å²) in [5.41, 5.74) is 13.7. The van der Waals surface area contributed by atoms with Gasteiger partial charge in [0.05, 0.1) is 51.3 Å². The molecule has 0 saturated heterocycles. The quantitative estimate of drug-likeness (QED) is 0.156. The van der Waals surface area contributed by atoms with Gasteiger partial charge < -0.3 is 9.38 Å². The maximum Gasteiger partial charge on any atom is 0.155 e. The van der Waals surface area contributed by atoms with E-state index < -0.39 is 0 Å². The molecule has 1 aliphatic heterocycles. The highest BCUT2D eigenvalue weighted by Gasteiger charge is 2.02. The van der Waals surface area contributed by atoms with Crippen LogP contribution in [0.2, 0.25) is 0 Å². The average molecular weight is 1160 g/mol. The van der Waals surface area contributed by atoms with Crippen molar-refractivity contribution < 1.29 is 0 Å². The fourth-order valence-electron chi connectivity index (χ4n) is 5.24. The number of aromatic nitrogens is 10. The predicted octanol–water partition coefficient (Wildman–Crippen LogP) is 21.4. The summed E-state index contributed by atoms with van der Waals surface area (Å²) in [6, 6.07) is 44.1. The van der Waals surface area contributed by atoms with Crippen LogP contribution in [0.3, 0.4) is 0 Å². The highest BCUT2D eigenvalue weighted by Crippen LogP contribution is 2.16. The molecule has 12 rings (SSSR count). The van der Waals surface area contributed by atoms with Crippen molar-refractivity contribution in [1.82, 2.24) is 49.1 Å². The van der Waals surface area contributed by atoms with Crippen LogP contribution in [0, 0.1) is 32.5 Å².